The van der Waals surface area contributed by atoms with Gasteiger partial charge >= 0.3 is 0 Å². The zero-order valence-electron chi connectivity index (χ0n) is 11.8. The fourth-order valence-electron chi connectivity index (χ4n) is 2.57. The van der Waals surface area contributed by atoms with E-state index in [1.165, 1.54) is 16.7 Å². The second-order valence-corrected chi connectivity index (χ2v) is 5.25. The maximum atomic E-state index is 5.54. The third kappa shape index (κ3) is 2.99. The van der Waals surface area contributed by atoms with E-state index in [2.05, 4.69) is 41.5 Å². The Bertz CT molecular complexity index is 568. The monoisotopic (exact) mass is 268 g/mol. The molecular weight excluding hydrogens is 248 g/mol. The number of nitrogens with zero attached hydrogens (tertiary/aromatic N) is 1. The molecule has 20 heavy (non-hydrogen) atoms. The summed E-state index contributed by atoms with van der Waals surface area (Å²) in [5, 5.41) is 3.57. The summed E-state index contributed by atoms with van der Waals surface area (Å²) in [6, 6.07) is 11.0. The van der Waals surface area contributed by atoms with Crippen molar-refractivity contribution >= 4 is 0 Å². The highest BCUT2D eigenvalue weighted by molar-refractivity contribution is 5.40. The molecule has 0 saturated heterocycles. The summed E-state index contributed by atoms with van der Waals surface area (Å²) >= 11 is 0. The van der Waals surface area contributed by atoms with Crippen LogP contribution in [0, 0.1) is 0 Å². The predicted molar refractivity (Wildman–Crippen MR) is 80.0 cm³/mol. The topological polar surface area (TPSA) is 34.2 Å². The van der Waals surface area contributed by atoms with E-state index < -0.39 is 0 Å². The third-order valence-corrected chi connectivity index (χ3v) is 3.80. The van der Waals surface area contributed by atoms with Crippen LogP contribution in [0.1, 0.15) is 29.7 Å². The Morgan fingerprint density at radius 1 is 1.35 bits per heavy atom. The molecule has 3 rings (SSSR count). The van der Waals surface area contributed by atoms with Crippen molar-refractivity contribution in [1.29, 1.82) is 0 Å². The summed E-state index contributed by atoms with van der Waals surface area (Å²) in [6.07, 6.45) is 5.78. The van der Waals surface area contributed by atoms with Crippen LogP contribution in [0.25, 0.3) is 0 Å². The lowest BCUT2D eigenvalue weighted by Crippen LogP contribution is -2.21. The quantitative estimate of drug-likeness (QED) is 0.905. The molecule has 0 aliphatic carbocycles. The maximum Gasteiger partial charge on any atom is 0.122 e. The van der Waals surface area contributed by atoms with Gasteiger partial charge < -0.3 is 10.1 Å². The van der Waals surface area contributed by atoms with Crippen molar-refractivity contribution < 1.29 is 4.74 Å². The molecule has 0 bridgehead atoms. The van der Waals surface area contributed by atoms with Gasteiger partial charge in [0.2, 0.25) is 0 Å². The molecule has 0 radical (unpaired) electrons. The Hall–Kier alpha value is -1.87. The lowest BCUT2D eigenvalue weighted by molar-refractivity contribution is 0.356. The highest BCUT2D eigenvalue weighted by Crippen LogP contribution is 2.27. The van der Waals surface area contributed by atoms with Crippen LogP contribution in [0.3, 0.4) is 0 Å². The van der Waals surface area contributed by atoms with Crippen LogP contribution in [-0.2, 0) is 12.8 Å². The summed E-state index contributed by atoms with van der Waals surface area (Å²) in [4.78, 5) is 4.14. The van der Waals surface area contributed by atoms with Gasteiger partial charge in [-0.15, -0.1) is 0 Å². The van der Waals surface area contributed by atoms with Gasteiger partial charge in [0.05, 0.1) is 6.61 Å². The molecular formula is C17H20N2O. The smallest absolute Gasteiger partial charge is 0.122 e. The van der Waals surface area contributed by atoms with Crippen molar-refractivity contribution in [2.45, 2.75) is 25.8 Å². The molecule has 3 nitrogen and oxygen atoms in total. The molecule has 1 aromatic carbocycles. The van der Waals surface area contributed by atoms with E-state index in [1.54, 1.807) is 0 Å². The van der Waals surface area contributed by atoms with Crippen LogP contribution in [0.15, 0.2) is 42.7 Å². The molecule has 1 aliphatic heterocycles. The van der Waals surface area contributed by atoms with Gasteiger partial charge in [-0.25, -0.2) is 0 Å². The number of pyridine rings is 1. The summed E-state index contributed by atoms with van der Waals surface area (Å²) < 4.78 is 5.54. The number of hydrogen-bond acceptors (Lipinski definition) is 3. The number of benzene rings is 1. The van der Waals surface area contributed by atoms with E-state index in [9.17, 15) is 0 Å². The molecule has 0 fully saturated rings. The molecule has 2 aromatic rings. The van der Waals surface area contributed by atoms with Crippen LogP contribution < -0.4 is 10.1 Å². The van der Waals surface area contributed by atoms with Crippen molar-refractivity contribution in [1.82, 2.24) is 10.3 Å². The van der Waals surface area contributed by atoms with Gasteiger partial charge in [0.15, 0.2) is 0 Å². The summed E-state index contributed by atoms with van der Waals surface area (Å²) in [5.41, 5.74) is 3.94. The highest BCUT2D eigenvalue weighted by atomic mass is 16.5. The number of hydrogen-bond donors (Lipinski definition) is 1. The average molecular weight is 268 g/mol. The standard InChI is InChI=1S/C17H20N2O/c1-13(19-9-6-14-3-2-8-18-12-14)15-4-5-17-16(11-15)7-10-20-17/h2-5,8,11-13,19H,6-7,9-10H2,1H3. The molecule has 0 spiro atoms. The predicted octanol–water partition coefficient (Wildman–Crippen LogP) is 2.91. The first kappa shape index (κ1) is 13.1. The van der Waals surface area contributed by atoms with Crippen molar-refractivity contribution in [3.8, 4) is 5.75 Å². The van der Waals surface area contributed by atoms with Gasteiger partial charge in [-0.3, -0.25) is 4.98 Å². The lowest BCUT2D eigenvalue weighted by Gasteiger charge is -2.15. The first-order chi connectivity index (χ1) is 9.83. The number of fused-ring (bicyclic) bond motifs is 1. The molecule has 3 heteroatoms. The van der Waals surface area contributed by atoms with Crippen LogP contribution in [-0.4, -0.2) is 18.1 Å². The van der Waals surface area contributed by atoms with Gasteiger partial charge in [-0.1, -0.05) is 18.2 Å². The summed E-state index contributed by atoms with van der Waals surface area (Å²) in [6.45, 7) is 3.99. The number of nitrogens with one attached hydrogen (secondary N) is 1. The second-order valence-electron chi connectivity index (χ2n) is 5.25. The molecule has 1 N–H and O–H groups in total. The molecule has 1 unspecified atom stereocenters. The number of ether oxygens (including phenoxy) is 1. The first-order valence-corrected chi connectivity index (χ1v) is 7.21. The van der Waals surface area contributed by atoms with Crippen molar-refractivity contribution in [3.05, 3.63) is 59.4 Å². The fourth-order valence-corrected chi connectivity index (χ4v) is 2.57. The van der Waals surface area contributed by atoms with Crippen LogP contribution in [0.5, 0.6) is 5.75 Å². The van der Waals surface area contributed by atoms with E-state index in [0.29, 0.717) is 6.04 Å². The van der Waals surface area contributed by atoms with Crippen molar-refractivity contribution in [3.63, 3.8) is 0 Å². The minimum atomic E-state index is 0.359. The molecule has 1 aliphatic rings. The first-order valence-electron chi connectivity index (χ1n) is 7.21. The highest BCUT2D eigenvalue weighted by Gasteiger charge is 2.14. The molecule has 0 amide bonds. The van der Waals surface area contributed by atoms with Gasteiger partial charge in [0.25, 0.3) is 0 Å². The Morgan fingerprint density at radius 2 is 2.30 bits per heavy atom. The Kier molecular flexibility index (Phi) is 3.97. The zero-order valence-corrected chi connectivity index (χ0v) is 11.8. The van der Waals surface area contributed by atoms with Crippen molar-refractivity contribution in [2.24, 2.45) is 0 Å². The van der Waals surface area contributed by atoms with E-state index in [4.69, 9.17) is 4.74 Å². The minimum Gasteiger partial charge on any atom is -0.493 e. The molecule has 0 saturated carbocycles. The average Bonchev–Trinajstić information content (AvgIpc) is 2.95. The van der Waals surface area contributed by atoms with Crippen LogP contribution in [0.4, 0.5) is 0 Å². The van der Waals surface area contributed by atoms with Crippen LogP contribution in [0.2, 0.25) is 0 Å². The normalized spacial score (nSPS) is 14.7. The zero-order chi connectivity index (χ0) is 13.8. The SMILES string of the molecule is CC(NCCc1cccnc1)c1ccc2c(c1)CCO2. The van der Waals surface area contributed by atoms with Gasteiger partial charge in [0, 0.05) is 24.9 Å². The maximum absolute atomic E-state index is 5.54. The van der Waals surface area contributed by atoms with Gasteiger partial charge in [-0.05, 0) is 48.7 Å². The van der Waals surface area contributed by atoms with Gasteiger partial charge in [0.1, 0.15) is 5.75 Å². The van der Waals surface area contributed by atoms with Gasteiger partial charge in [-0.2, -0.15) is 0 Å². The van der Waals surface area contributed by atoms with E-state index in [0.717, 1.165) is 31.7 Å². The fraction of sp³-hybridized carbons (Fsp3) is 0.353. The van der Waals surface area contributed by atoms with Crippen LogP contribution >= 0.6 is 0 Å². The number of aromatic nitrogens is 1. The summed E-state index contributed by atoms with van der Waals surface area (Å²) in [5.74, 6) is 1.05. The van der Waals surface area contributed by atoms with E-state index in [1.807, 2.05) is 18.5 Å². The second kappa shape index (κ2) is 6.06. The minimum absolute atomic E-state index is 0.359. The Labute approximate surface area is 120 Å². The molecule has 1 atom stereocenters. The largest absolute Gasteiger partial charge is 0.493 e. The Morgan fingerprint density at radius 3 is 3.15 bits per heavy atom. The lowest BCUT2D eigenvalue weighted by atomic mass is 10.0. The molecule has 104 valence electrons. The Balaban J connectivity index is 1.55. The summed E-state index contributed by atoms with van der Waals surface area (Å²) in [7, 11) is 0. The third-order valence-electron chi connectivity index (χ3n) is 3.80. The van der Waals surface area contributed by atoms with Crippen molar-refractivity contribution in [2.75, 3.05) is 13.2 Å². The number of rotatable bonds is 5. The van der Waals surface area contributed by atoms with E-state index >= 15 is 0 Å². The molecule has 1 aromatic heterocycles. The molecule has 2 heterocycles. The van der Waals surface area contributed by atoms with E-state index in [-0.39, 0.29) is 0 Å².